The second-order valence-electron chi connectivity index (χ2n) is 4.54. The van der Waals surface area contributed by atoms with Gasteiger partial charge in [0, 0.05) is 24.0 Å². The molecule has 0 aliphatic carbocycles. The Balaban J connectivity index is 2.24. The first-order chi connectivity index (χ1) is 9.99. The first kappa shape index (κ1) is 14.5. The third-order valence-corrected chi connectivity index (χ3v) is 2.90. The van der Waals surface area contributed by atoms with Crippen LogP contribution >= 0.6 is 0 Å². The molecule has 0 aliphatic heterocycles. The molecule has 5 N–H and O–H groups in total. The second-order valence-corrected chi connectivity index (χ2v) is 4.54. The van der Waals surface area contributed by atoms with Gasteiger partial charge in [-0.3, -0.25) is 14.6 Å². The molecule has 2 aromatic rings. The van der Waals surface area contributed by atoms with Gasteiger partial charge in [-0.15, -0.1) is 0 Å². The number of amides is 2. The quantitative estimate of drug-likeness (QED) is 0.344. The molecule has 6 heteroatoms. The Morgan fingerprint density at radius 1 is 1.10 bits per heavy atom. The van der Waals surface area contributed by atoms with E-state index in [4.69, 9.17) is 11.6 Å². The number of rotatable bonds is 3. The Labute approximate surface area is 122 Å². The number of hydrazine groups is 1. The van der Waals surface area contributed by atoms with Gasteiger partial charge < -0.3 is 11.1 Å². The second kappa shape index (κ2) is 6.06. The van der Waals surface area contributed by atoms with Crippen LogP contribution in [0.1, 0.15) is 20.7 Å². The molecule has 0 spiro atoms. The highest BCUT2D eigenvalue weighted by molar-refractivity contribution is 6.06. The predicted molar refractivity (Wildman–Crippen MR) is 81.5 cm³/mol. The fourth-order valence-corrected chi connectivity index (χ4v) is 1.80. The third kappa shape index (κ3) is 3.37. The third-order valence-electron chi connectivity index (χ3n) is 2.90. The molecule has 0 saturated carbocycles. The Hall–Kier alpha value is -2.86. The van der Waals surface area contributed by atoms with Crippen molar-refractivity contribution in [1.29, 1.82) is 0 Å². The number of benzene rings is 2. The van der Waals surface area contributed by atoms with E-state index in [1.807, 2.05) is 6.07 Å². The Kier molecular flexibility index (Phi) is 4.20. The van der Waals surface area contributed by atoms with Crippen molar-refractivity contribution in [3.63, 3.8) is 0 Å². The molecule has 0 fully saturated rings. The van der Waals surface area contributed by atoms with Crippen LogP contribution in [0.4, 0.5) is 11.4 Å². The van der Waals surface area contributed by atoms with Crippen LogP contribution in [0.5, 0.6) is 0 Å². The largest absolute Gasteiger partial charge is 0.398 e. The highest BCUT2D eigenvalue weighted by atomic mass is 16.2. The normalized spacial score (nSPS) is 10.0. The van der Waals surface area contributed by atoms with Crippen molar-refractivity contribution in [3.8, 4) is 0 Å². The average molecular weight is 284 g/mol. The van der Waals surface area contributed by atoms with Gasteiger partial charge in [0.15, 0.2) is 0 Å². The molecular weight excluding hydrogens is 268 g/mol. The number of hydrogen-bond donors (Lipinski definition) is 3. The van der Waals surface area contributed by atoms with Gasteiger partial charge in [0.05, 0.1) is 5.56 Å². The zero-order chi connectivity index (χ0) is 15.4. The molecule has 0 aliphatic rings. The molecule has 6 nitrogen and oxygen atoms in total. The average Bonchev–Trinajstić information content (AvgIpc) is 2.49. The molecular formula is C15H16N4O2. The molecule has 0 saturated heterocycles. The van der Waals surface area contributed by atoms with E-state index in [1.54, 1.807) is 36.4 Å². The minimum absolute atomic E-state index is 0.242. The lowest BCUT2D eigenvalue weighted by Gasteiger charge is -2.13. The maximum Gasteiger partial charge on any atom is 0.269 e. The van der Waals surface area contributed by atoms with Crippen molar-refractivity contribution in [2.45, 2.75) is 0 Å². The van der Waals surface area contributed by atoms with E-state index in [9.17, 15) is 9.59 Å². The van der Waals surface area contributed by atoms with Gasteiger partial charge in [0.2, 0.25) is 0 Å². The van der Waals surface area contributed by atoms with Crippen molar-refractivity contribution in [2.75, 3.05) is 18.1 Å². The summed E-state index contributed by atoms with van der Waals surface area (Å²) >= 11 is 0. The Bertz CT molecular complexity index is 669. The van der Waals surface area contributed by atoms with E-state index >= 15 is 0 Å². The van der Waals surface area contributed by atoms with Crippen LogP contribution in [-0.2, 0) is 0 Å². The van der Waals surface area contributed by atoms with E-state index in [1.165, 1.54) is 13.1 Å². The number of nitrogens with two attached hydrogens (primary N) is 2. The maximum atomic E-state index is 12.1. The molecule has 2 aromatic carbocycles. The summed E-state index contributed by atoms with van der Waals surface area (Å²) in [6.45, 7) is 0. The molecule has 108 valence electrons. The number of carbonyl (C=O) groups excluding carboxylic acids is 2. The molecule has 0 heterocycles. The van der Waals surface area contributed by atoms with Gasteiger partial charge >= 0.3 is 0 Å². The van der Waals surface area contributed by atoms with E-state index in [-0.39, 0.29) is 11.5 Å². The minimum atomic E-state index is -0.427. The van der Waals surface area contributed by atoms with E-state index in [0.29, 0.717) is 16.9 Å². The number of nitrogens with one attached hydrogen (secondary N) is 1. The number of hydrogen-bond acceptors (Lipinski definition) is 4. The van der Waals surface area contributed by atoms with Gasteiger partial charge in [0.25, 0.3) is 11.8 Å². The topological polar surface area (TPSA) is 101 Å². The maximum absolute atomic E-state index is 12.1. The molecule has 0 unspecified atom stereocenters. The molecule has 0 atom stereocenters. The fraction of sp³-hybridized carbons (Fsp3) is 0.0667. The summed E-state index contributed by atoms with van der Waals surface area (Å²) in [6.07, 6.45) is 0. The zero-order valence-corrected chi connectivity index (χ0v) is 11.5. The minimum Gasteiger partial charge on any atom is -0.398 e. The van der Waals surface area contributed by atoms with Gasteiger partial charge in [-0.1, -0.05) is 18.2 Å². The van der Waals surface area contributed by atoms with E-state index in [2.05, 4.69) is 5.32 Å². The van der Waals surface area contributed by atoms with Crippen LogP contribution in [0.15, 0.2) is 48.5 Å². The number of carbonyl (C=O) groups is 2. The summed E-state index contributed by atoms with van der Waals surface area (Å²) < 4.78 is 0. The highest BCUT2D eigenvalue weighted by Crippen LogP contribution is 2.19. The van der Waals surface area contributed by atoms with Crippen molar-refractivity contribution < 1.29 is 9.59 Å². The lowest BCUT2D eigenvalue weighted by Crippen LogP contribution is -2.33. The van der Waals surface area contributed by atoms with Crippen molar-refractivity contribution >= 4 is 23.2 Å². The molecule has 0 bridgehead atoms. The van der Waals surface area contributed by atoms with E-state index < -0.39 is 5.91 Å². The lowest BCUT2D eigenvalue weighted by atomic mass is 10.1. The van der Waals surface area contributed by atoms with Crippen molar-refractivity contribution in [1.82, 2.24) is 5.01 Å². The summed E-state index contributed by atoms with van der Waals surface area (Å²) in [5, 5.41) is 3.65. The van der Waals surface area contributed by atoms with Gasteiger partial charge in [0.1, 0.15) is 0 Å². The number of nitrogens with zero attached hydrogens (tertiary/aromatic N) is 1. The zero-order valence-electron chi connectivity index (χ0n) is 11.5. The van der Waals surface area contributed by atoms with Crippen LogP contribution in [-0.4, -0.2) is 23.9 Å². The molecule has 0 aromatic heterocycles. The molecule has 21 heavy (non-hydrogen) atoms. The van der Waals surface area contributed by atoms with Gasteiger partial charge in [-0.25, -0.2) is 5.84 Å². The van der Waals surface area contributed by atoms with E-state index in [0.717, 1.165) is 5.01 Å². The summed E-state index contributed by atoms with van der Waals surface area (Å²) in [5.74, 6) is 4.73. The van der Waals surface area contributed by atoms with Gasteiger partial charge in [-0.05, 0) is 30.3 Å². The summed E-state index contributed by atoms with van der Waals surface area (Å²) in [7, 11) is 1.43. The summed E-state index contributed by atoms with van der Waals surface area (Å²) in [4.78, 5) is 23.9. The first-order valence-corrected chi connectivity index (χ1v) is 6.27. The summed E-state index contributed by atoms with van der Waals surface area (Å²) in [5.41, 5.74) is 7.30. The van der Waals surface area contributed by atoms with Crippen LogP contribution < -0.4 is 16.9 Å². The highest BCUT2D eigenvalue weighted by Gasteiger charge is 2.14. The van der Waals surface area contributed by atoms with Crippen LogP contribution in [0.3, 0.4) is 0 Å². The number of nitrogen functional groups attached to an aromatic ring is 1. The monoisotopic (exact) mass is 284 g/mol. The standard InChI is InChI=1S/C15H16N4O2/c1-19(17)15(21)12-9-11(7-8-13(12)16)18-14(20)10-5-3-2-4-6-10/h2-9H,16-17H2,1H3,(H,18,20). The van der Waals surface area contributed by atoms with Crippen molar-refractivity contribution in [3.05, 3.63) is 59.7 Å². The van der Waals surface area contributed by atoms with Crippen LogP contribution in [0, 0.1) is 0 Å². The Morgan fingerprint density at radius 3 is 2.38 bits per heavy atom. The van der Waals surface area contributed by atoms with Crippen LogP contribution in [0.2, 0.25) is 0 Å². The molecule has 0 radical (unpaired) electrons. The summed E-state index contributed by atoms with van der Waals surface area (Å²) in [6, 6.07) is 13.5. The SMILES string of the molecule is CN(N)C(=O)c1cc(NC(=O)c2ccccc2)ccc1N. The van der Waals surface area contributed by atoms with Gasteiger partial charge in [-0.2, -0.15) is 0 Å². The van der Waals surface area contributed by atoms with Crippen LogP contribution in [0.25, 0.3) is 0 Å². The molecule has 2 amide bonds. The fourth-order valence-electron chi connectivity index (χ4n) is 1.80. The van der Waals surface area contributed by atoms with Crippen molar-refractivity contribution in [2.24, 2.45) is 5.84 Å². The molecule has 2 rings (SSSR count). The predicted octanol–water partition coefficient (Wildman–Crippen LogP) is 1.47. The first-order valence-electron chi connectivity index (χ1n) is 6.27. The lowest BCUT2D eigenvalue weighted by molar-refractivity contribution is 0.0796. The number of anilines is 2. The Morgan fingerprint density at radius 2 is 1.76 bits per heavy atom. The smallest absolute Gasteiger partial charge is 0.269 e.